The number of aromatic nitrogens is 3. The van der Waals surface area contributed by atoms with Crippen molar-refractivity contribution in [3.05, 3.63) is 63.3 Å². The molecule has 9 heteroatoms. The van der Waals surface area contributed by atoms with Gasteiger partial charge >= 0.3 is 0 Å². The smallest absolute Gasteiger partial charge is 0.261 e. The van der Waals surface area contributed by atoms with Crippen molar-refractivity contribution in [2.75, 3.05) is 19.8 Å². The second-order valence-electron chi connectivity index (χ2n) is 8.88. The summed E-state index contributed by atoms with van der Waals surface area (Å²) in [5.74, 6) is -1.73. The van der Waals surface area contributed by atoms with Crippen LogP contribution in [0.2, 0.25) is 0 Å². The van der Waals surface area contributed by atoms with Crippen molar-refractivity contribution < 1.29 is 22.6 Å². The van der Waals surface area contributed by atoms with Gasteiger partial charge in [0.05, 0.1) is 18.4 Å². The van der Waals surface area contributed by atoms with Crippen molar-refractivity contribution in [2.24, 2.45) is 0 Å². The lowest BCUT2D eigenvalue weighted by molar-refractivity contribution is -0.0912. The van der Waals surface area contributed by atoms with Crippen molar-refractivity contribution in [1.82, 2.24) is 14.4 Å². The minimum absolute atomic E-state index is 0.0105. The molecule has 0 aliphatic carbocycles. The standard InChI is InChI=1S/C24H24F3N3O3/c1-13-14(2)28-22-21(17-4-3-16(25)10-18(17)26)29-19(11-30(22)23(13)31)15-5-7-33-20(9-15)24(27)6-8-32-12-24/h3-4,10-11,15,20H,5-9,12H2,1-2H3/t15-,20+,24?/m1/s1. The van der Waals surface area contributed by atoms with E-state index in [4.69, 9.17) is 9.47 Å². The van der Waals surface area contributed by atoms with Crippen molar-refractivity contribution in [1.29, 1.82) is 0 Å². The Hall–Kier alpha value is -2.78. The Labute approximate surface area is 188 Å². The first-order chi connectivity index (χ1) is 15.8. The highest BCUT2D eigenvalue weighted by Crippen LogP contribution is 2.39. The first-order valence-corrected chi connectivity index (χ1v) is 11.0. The SMILES string of the molecule is Cc1nc2c(-c3ccc(F)cc3F)nc([C@@H]3CCO[C@H](C4(F)CCOC4)C3)cn2c(=O)c1C. The molecule has 2 saturated heterocycles. The zero-order valence-electron chi connectivity index (χ0n) is 18.4. The van der Waals surface area contributed by atoms with Crippen LogP contribution in [0.1, 0.15) is 42.1 Å². The molecule has 33 heavy (non-hydrogen) atoms. The number of nitrogens with zero attached hydrogens (tertiary/aromatic N) is 3. The Morgan fingerprint density at radius 2 is 2.00 bits per heavy atom. The lowest BCUT2D eigenvalue weighted by atomic mass is 9.85. The van der Waals surface area contributed by atoms with E-state index in [1.54, 1.807) is 20.0 Å². The Morgan fingerprint density at radius 1 is 1.18 bits per heavy atom. The zero-order chi connectivity index (χ0) is 23.3. The van der Waals surface area contributed by atoms with Gasteiger partial charge in [0.15, 0.2) is 11.3 Å². The number of halogens is 3. The predicted molar refractivity (Wildman–Crippen MR) is 115 cm³/mol. The summed E-state index contributed by atoms with van der Waals surface area (Å²) >= 11 is 0. The summed E-state index contributed by atoms with van der Waals surface area (Å²) in [5.41, 5.74) is 0.00742. The number of hydrogen-bond acceptors (Lipinski definition) is 5. The van der Waals surface area contributed by atoms with Crippen LogP contribution in [0.4, 0.5) is 13.2 Å². The Bertz CT molecular complexity index is 1290. The van der Waals surface area contributed by atoms with Crippen LogP contribution in [0.25, 0.3) is 16.9 Å². The number of fused-ring (bicyclic) bond motifs is 1. The maximum atomic E-state index is 15.3. The highest BCUT2D eigenvalue weighted by molar-refractivity contribution is 5.74. The summed E-state index contributed by atoms with van der Waals surface area (Å²) in [6, 6.07) is 3.20. The van der Waals surface area contributed by atoms with E-state index in [1.807, 2.05) is 0 Å². The molecule has 0 N–H and O–H groups in total. The lowest BCUT2D eigenvalue weighted by Crippen LogP contribution is -2.44. The van der Waals surface area contributed by atoms with Gasteiger partial charge in [-0.3, -0.25) is 9.20 Å². The van der Waals surface area contributed by atoms with Crippen LogP contribution >= 0.6 is 0 Å². The van der Waals surface area contributed by atoms with Crippen molar-refractivity contribution in [3.63, 3.8) is 0 Å². The van der Waals surface area contributed by atoms with Crippen molar-refractivity contribution in [2.45, 2.75) is 50.8 Å². The molecule has 0 bridgehead atoms. The summed E-state index contributed by atoms with van der Waals surface area (Å²) in [7, 11) is 0. The monoisotopic (exact) mass is 459 g/mol. The molecule has 3 aromatic rings. The molecule has 0 amide bonds. The topological polar surface area (TPSA) is 65.7 Å². The van der Waals surface area contributed by atoms with E-state index >= 15 is 4.39 Å². The fourth-order valence-electron chi connectivity index (χ4n) is 4.65. The third-order valence-electron chi connectivity index (χ3n) is 6.77. The summed E-state index contributed by atoms with van der Waals surface area (Å²) in [4.78, 5) is 22.2. The van der Waals surface area contributed by atoms with Gasteiger partial charge in [0.25, 0.3) is 5.56 Å². The van der Waals surface area contributed by atoms with Crippen LogP contribution in [0.3, 0.4) is 0 Å². The van der Waals surface area contributed by atoms with Gasteiger partial charge in [-0.2, -0.15) is 0 Å². The summed E-state index contributed by atoms with van der Waals surface area (Å²) in [6.45, 7) is 4.04. The number of aryl methyl sites for hydroxylation is 1. The second-order valence-corrected chi connectivity index (χ2v) is 8.88. The van der Waals surface area contributed by atoms with E-state index in [0.717, 1.165) is 12.1 Å². The van der Waals surface area contributed by atoms with Gasteiger partial charge < -0.3 is 9.47 Å². The van der Waals surface area contributed by atoms with Gasteiger partial charge in [0.2, 0.25) is 0 Å². The molecule has 1 aromatic carbocycles. The molecule has 174 valence electrons. The van der Waals surface area contributed by atoms with E-state index in [2.05, 4.69) is 9.97 Å². The molecule has 4 heterocycles. The lowest BCUT2D eigenvalue weighted by Gasteiger charge is -2.36. The van der Waals surface area contributed by atoms with Crippen molar-refractivity contribution >= 4 is 5.65 Å². The van der Waals surface area contributed by atoms with Gasteiger partial charge in [-0.05, 0) is 38.8 Å². The number of rotatable bonds is 3. The fraction of sp³-hybridized carbons (Fsp3) is 0.458. The first-order valence-electron chi connectivity index (χ1n) is 11.0. The highest BCUT2D eigenvalue weighted by atomic mass is 19.1. The molecule has 6 nitrogen and oxygen atoms in total. The first kappa shape index (κ1) is 22.0. The van der Waals surface area contributed by atoms with Crippen LogP contribution < -0.4 is 5.56 Å². The Balaban J connectivity index is 1.66. The number of alkyl halides is 1. The van der Waals surface area contributed by atoms with E-state index in [-0.39, 0.29) is 41.4 Å². The van der Waals surface area contributed by atoms with Gasteiger partial charge in [-0.1, -0.05) is 0 Å². The number of benzene rings is 1. The summed E-state index contributed by atoms with van der Waals surface area (Å²) in [5, 5.41) is 0. The summed E-state index contributed by atoms with van der Waals surface area (Å²) < 4.78 is 56.0. The molecule has 2 fully saturated rings. The van der Waals surface area contributed by atoms with Gasteiger partial charge in [0, 0.05) is 54.6 Å². The largest absolute Gasteiger partial charge is 0.378 e. The van der Waals surface area contributed by atoms with Gasteiger partial charge in [0.1, 0.15) is 17.3 Å². The zero-order valence-corrected chi connectivity index (χ0v) is 18.4. The van der Waals surface area contributed by atoms with Gasteiger partial charge in [-0.15, -0.1) is 0 Å². The third kappa shape index (κ3) is 3.83. The minimum Gasteiger partial charge on any atom is -0.378 e. The van der Waals surface area contributed by atoms with Crippen LogP contribution in [-0.4, -0.2) is 46.0 Å². The van der Waals surface area contributed by atoms with Crippen molar-refractivity contribution in [3.8, 4) is 11.3 Å². The maximum absolute atomic E-state index is 15.3. The number of hydrogen-bond donors (Lipinski definition) is 0. The quantitative estimate of drug-likeness (QED) is 0.592. The van der Waals surface area contributed by atoms with E-state index in [0.29, 0.717) is 43.0 Å². The third-order valence-corrected chi connectivity index (χ3v) is 6.77. The van der Waals surface area contributed by atoms with E-state index in [1.165, 1.54) is 10.5 Å². The normalized spacial score (nSPS) is 25.6. The van der Waals surface area contributed by atoms with E-state index in [9.17, 15) is 13.6 Å². The average molecular weight is 459 g/mol. The Kier molecular flexibility index (Phi) is 5.49. The van der Waals surface area contributed by atoms with Crippen LogP contribution in [0.15, 0.2) is 29.2 Å². The minimum atomic E-state index is -1.56. The molecule has 3 atom stereocenters. The molecule has 2 aliphatic rings. The Morgan fingerprint density at radius 3 is 2.73 bits per heavy atom. The average Bonchev–Trinajstić information content (AvgIpc) is 3.25. The molecule has 0 saturated carbocycles. The molecular formula is C24H24F3N3O3. The number of ether oxygens (including phenoxy) is 2. The second kappa shape index (κ2) is 8.22. The van der Waals surface area contributed by atoms with Crippen LogP contribution in [0.5, 0.6) is 0 Å². The van der Waals surface area contributed by atoms with E-state index < -0.39 is 23.4 Å². The van der Waals surface area contributed by atoms with Crippen LogP contribution in [-0.2, 0) is 9.47 Å². The molecule has 2 aromatic heterocycles. The summed E-state index contributed by atoms with van der Waals surface area (Å²) in [6.07, 6.45) is 2.15. The molecule has 1 unspecified atom stereocenters. The predicted octanol–water partition coefficient (Wildman–Crippen LogP) is 4.04. The molecule has 2 aliphatic heterocycles. The molecule has 0 radical (unpaired) electrons. The van der Waals surface area contributed by atoms with Crippen LogP contribution in [0, 0.1) is 25.5 Å². The van der Waals surface area contributed by atoms with Gasteiger partial charge in [-0.25, -0.2) is 23.1 Å². The fourth-order valence-corrected chi connectivity index (χ4v) is 4.65. The highest BCUT2D eigenvalue weighted by Gasteiger charge is 2.46. The molecule has 0 spiro atoms. The molecule has 5 rings (SSSR count). The maximum Gasteiger partial charge on any atom is 0.261 e. The molecular weight excluding hydrogens is 435 g/mol.